The van der Waals surface area contributed by atoms with Crippen LogP contribution in [0.25, 0.3) is 0 Å². The first kappa shape index (κ1) is 13.0. The Labute approximate surface area is 115 Å². The number of likely N-dealkylation sites (N-methyl/N-ethyl adjacent to an activating group) is 1. The Morgan fingerprint density at radius 3 is 2.82 bits per heavy atom. The summed E-state index contributed by atoms with van der Waals surface area (Å²) >= 11 is 13.6. The van der Waals surface area contributed by atoms with E-state index in [1.54, 1.807) is 12.5 Å². The van der Waals surface area contributed by atoms with Gasteiger partial charge in [0.15, 0.2) is 0 Å². The first-order valence-electron chi connectivity index (χ1n) is 5.40. The van der Waals surface area contributed by atoms with Crippen molar-refractivity contribution in [3.63, 3.8) is 0 Å². The fraction of sp³-hybridized carbons (Fsp3) is 0.333. The van der Waals surface area contributed by atoms with Gasteiger partial charge in [-0.05, 0) is 30.7 Å². The van der Waals surface area contributed by atoms with Crippen molar-refractivity contribution < 1.29 is 4.42 Å². The minimum absolute atomic E-state index is 0.175. The molecule has 2 aromatic heterocycles. The fourth-order valence-electron chi connectivity index (χ4n) is 1.77. The summed E-state index contributed by atoms with van der Waals surface area (Å²) in [6.45, 7) is 2.95. The van der Waals surface area contributed by atoms with Crippen LogP contribution in [0, 0.1) is 0 Å². The van der Waals surface area contributed by atoms with Crippen molar-refractivity contribution >= 4 is 34.5 Å². The van der Waals surface area contributed by atoms with E-state index in [4.69, 9.17) is 27.6 Å². The molecule has 0 amide bonds. The van der Waals surface area contributed by atoms with Crippen LogP contribution in [0.1, 0.15) is 24.1 Å². The molecule has 0 saturated heterocycles. The molecule has 2 heterocycles. The van der Waals surface area contributed by atoms with E-state index in [9.17, 15) is 0 Å². The zero-order valence-electron chi connectivity index (χ0n) is 9.37. The average molecular weight is 290 g/mol. The molecule has 1 atom stereocenters. The molecule has 0 saturated carbocycles. The first-order chi connectivity index (χ1) is 8.20. The fourth-order valence-corrected chi connectivity index (χ4v) is 3.35. The molecule has 0 aliphatic rings. The summed E-state index contributed by atoms with van der Waals surface area (Å²) in [7, 11) is 0. The Bertz CT molecular complexity index is 467. The van der Waals surface area contributed by atoms with Gasteiger partial charge in [-0.15, -0.1) is 11.3 Å². The highest BCUT2D eigenvalue weighted by Crippen LogP contribution is 2.36. The van der Waals surface area contributed by atoms with Gasteiger partial charge in [-0.1, -0.05) is 30.1 Å². The molecule has 1 N–H and O–H groups in total. The topological polar surface area (TPSA) is 25.2 Å². The van der Waals surface area contributed by atoms with E-state index in [0.29, 0.717) is 0 Å². The summed E-state index contributed by atoms with van der Waals surface area (Å²) < 4.78 is 6.56. The monoisotopic (exact) mass is 289 g/mol. The molecule has 0 radical (unpaired) electrons. The Hall–Kier alpha value is -0.480. The van der Waals surface area contributed by atoms with Crippen LogP contribution in [0.15, 0.2) is 29.1 Å². The van der Waals surface area contributed by atoms with Crippen LogP contribution < -0.4 is 5.32 Å². The second-order valence-corrected chi connectivity index (χ2v) is 6.01. The van der Waals surface area contributed by atoms with Gasteiger partial charge in [0, 0.05) is 11.6 Å². The molecule has 0 aliphatic heterocycles. The number of hydrogen-bond donors (Lipinski definition) is 1. The highest BCUT2D eigenvalue weighted by molar-refractivity contribution is 7.20. The summed E-state index contributed by atoms with van der Waals surface area (Å²) in [5.41, 5.74) is 2.21. The number of halogens is 2. The lowest BCUT2D eigenvalue weighted by atomic mass is 10.0. The van der Waals surface area contributed by atoms with Crippen LogP contribution in [0.4, 0.5) is 0 Å². The second-order valence-electron chi connectivity index (χ2n) is 3.73. The normalized spacial score (nSPS) is 12.9. The maximum Gasteiger partial charge on any atom is 0.0992 e. The quantitative estimate of drug-likeness (QED) is 0.874. The van der Waals surface area contributed by atoms with Crippen molar-refractivity contribution in [3.8, 4) is 0 Å². The van der Waals surface area contributed by atoms with Gasteiger partial charge in [-0.25, -0.2) is 0 Å². The molecular formula is C12H13Cl2NOS. The van der Waals surface area contributed by atoms with Crippen molar-refractivity contribution in [2.75, 3.05) is 6.54 Å². The van der Waals surface area contributed by atoms with Crippen LogP contribution in [-0.2, 0) is 6.42 Å². The van der Waals surface area contributed by atoms with Crippen LogP contribution in [0.3, 0.4) is 0 Å². The minimum atomic E-state index is 0.175. The molecule has 17 heavy (non-hydrogen) atoms. The van der Waals surface area contributed by atoms with E-state index >= 15 is 0 Å². The highest BCUT2D eigenvalue weighted by Gasteiger charge is 2.17. The van der Waals surface area contributed by atoms with Crippen LogP contribution in [0.2, 0.25) is 8.67 Å². The Kier molecular flexibility index (Phi) is 4.51. The molecule has 0 aromatic carbocycles. The van der Waals surface area contributed by atoms with Crippen molar-refractivity contribution in [1.82, 2.24) is 5.32 Å². The highest BCUT2D eigenvalue weighted by atomic mass is 35.5. The Morgan fingerprint density at radius 1 is 1.47 bits per heavy atom. The molecule has 2 nitrogen and oxygen atoms in total. The predicted molar refractivity (Wildman–Crippen MR) is 73.2 cm³/mol. The molecule has 0 bridgehead atoms. The number of nitrogens with one attached hydrogen (secondary N) is 1. The van der Waals surface area contributed by atoms with Crippen molar-refractivity contribution in [1.29, 1.82) is 0 Å². The van der Waals surface area contributed by atoms with Gasteiger partial charge in [0.25, 0.3) is 0 Å². The SMILES string of the molecule is CCNC(Cc1ccoc1)c1cc(Cl)sc1Cl. The van der Waals surface area contributed by atoms with Gasteiger partial charge in [0.1, 0.15) is 0 Å². The van der Waals surface area contributed by atoms with E-state index in [-0.39, 0.29) is 6.04 Å². The number of furan rings is 1. The van der Waals surface area contributed by atoms with Crippen molar-refractivity contribution in [2.24, 2.45) is 0 Å². The van der Waals surface area contributed by atoms with Gasteiger partial charge >= 0.3 is 0 Å². The van der Waals surface area contributed by atoms with Crippen molar-refractivity contribution in [3.05, 3.63) is 44.5 Å². The third-order valence-electron chi connectivity index (χ3n) is 2.53. The average Bonchev–Trinajstić information content (AvgIpc) is 2.88. The van der Waals surface area contributed by atoms with E-state index in [0.717, 1.165) is 32.8 Å². The number of thiophene rings is 1. The minimum Gasteiger partial charge on any atom is -0.472 e. The van der Waals surface area contributed by atoms with Crippen LogP contribution in [-0.4, -0.2) is 6.54 Å². The van der Waals surface area contributed by atoms with E-state index in [1.807, 2.05) is 12.1 Å². The molecule has 0 aliphatic carbocycles. The predicted octanol–water partition coefficient (Wildman–Crippen LogP) is 4.54. The maximum atomic E-state index is 6.19. The number of rotatable bonds is 5. The maximum absolute atomic E-state index is 6.19. The summed E-state index contributed by atoms with van der Waals surface area (Å²) in [4.78, 5) is 0. The third-order valence-corrected chi connectivity index (χ3v) is 4.05. The lowest BCUT2D eigenvalue weighted by Crippen LogP contribution is -2.22. The van der Waals surface area contributed by atoms with Crippen LogP contribution >= 0.6 is 34.5 Å². The summed E-state index contributed by atoms with van der Waals surface area (Å²) in [6, 6.07) is 4.07. The zero-order chi connectivity index (χ0) is 12.3. The van der Waals surface area contributed by atoms with Gasteiger partial charge in [0.05, 0.1) is 21.2 Å². The van der Waals surface area contributed by atoms with Crippen molar-refractivity contribution in [2.45, 2.75) is 19.4 Å². The summed E-state index contributed by atoms with van der Waals surface area (Å²) in [5, 5.41) is 3.41. The van der Waals surface area contributed by atoms with E-state index in [2.05, 4.69) is 12.2 Å². The lowest BCUT2D eigenvalue weighted by molar-refractivity contribution is 0.536. The first-order valence-corrected chi connectivity index (χ1v) is 6.97. The van der Waals surface area contributed by atoms with Gasteiger partial charge in [-0.2, -0.15) is 0 Å². The molecule has 5 heteroatoms. The Morgan fingerprint density at radius 2 is 2.29 bits per heavy atom. The molecule has 2 rings (SSSR count). The summed E-state index contributed by atoms with van der Waals surface area (Å²) in [5.74, 6) is 0. The molecule has 0 fully saturated rings. The van der Waals surface area contributed by atoms with E-state index < -0.39 is 0 Å². The van der Waals surface area contributed by atoms with Crippen LogP contribution in [0.5, 0.6) is 0 Å². The Balaban J connectivity index is 2.19. The third kappa shape index (κ3) is 3.26. The standard InChI is InChI=1S/C12H13Cl2NOS/c1-2-15-10(5-8-3-4-16-7-8)9-6-11(13)17-12(9)14/h3-4,6-7,10,15H,2,5H2,1H3. The molecule has 92 valence electrons. The zero-order valence-corrected chi connectivity index (χ0v) is 11.7. The molecule has 0 spiro atoms. The lowest BCUT2D eigenvalue weighted by Gasteiger charge is -2.16. The van der Waals surface area contributed by atoms with Gasteiger partial charge < -0.3 is 9.73 Å². The molecule has 1 unspecified atom stereocenters. The van der Waals surface area contributed by atoms with Gasteiger partial charge in [-0.3, -0.25) is 0 Å². The smallest absolute Gasteiger partial charge is 0.0992 e. The molecule has 2 aromatic rings. The second kappa shape index (κ2) is 5.91. The number of hydrogen-bond acceptors (Lipinski definition) is 3. The van der Waals surface area contributed by atoms with Gasteiger partial charge in [0.2, 0.25) is 0 Å². The van der Waals surface area contributed by atoms with E-state index in [1.165, 1.54) is 11.3 Å². The summed E-state index contributed by atoms with van der Waals surface area (Å²) in [6.07, 6.45) is 4.28. The molecular weight excluding hydrogens is 277 g/mol. The largest absolute Gasteiger partial charge is 0.472 e.